The van der Waals surface area contributed by atoms with Crippen molar-refractivity contribution in [2.24, 2.45) is 17.1 Å². The van der Waals surface area contributed by atoms with Gasteiger partial charge in [0.15, 0.2) is 5.78 Å². The van der Waals surface area contributed by atoms with Gasteiger partial charge in [0.1, 0.15) is 11.8 Å². The molecule has 35 heavy (non-hydrogen) atoms. The number of imide groups is 1. The zero-order chi connectivity index (χ0) is 26.6. The molecular weight excluding hydrogens is 456 g/mol. The number of Topliss-reactive ketones (excluding diaryl/α,β-unsaturated/α-hetero) is 2. The number of rotatable bonds is 16. The summed E-state index contributed by atoms with van der Waals surface area (Å²) in [5.74, 6) is -2.26. The normalized spacial score (nSPS) is 15.1. The first-order valence-electron chi connectivity index (χ1n) is 11.9. The fourth-order valence-corrected chi connectivity index (χ4v) is 3.76. The van der Waals surface area contributed by atoms with Crippen molar-refractivity contribution in [1.82, 2.24) is 15.5 Å². The molecule has 0 aromatic heterocycles. The molecular formula is C24H38N4O7. The summed E-state index contributed by atoms with van der Waals surface area (Å²) in [6.45, 7) is 5.23. The molecule has 5 N–H and O–H groups in total. The predicted octanol–water partition coefficient (Wildman–Crippen LogP) is 0.588. The highest BCUT2D eigenvalue weighted by Crippen LogP contribution is 2.26. The van der Waals surface area contributed by atoms with Gasteiger partial charge in [-0.05, 0) is 25.7 Å². The van der Waals surface area contributed by atoms with Gasteiger partial charge in [0.2, 0.25) is 5.91 Å². The van der Waals surface area contributed by atoms with Gasteiger partial charge < -0.3 is 21.5 Å². The van der Waals surface area contributed by atoms with Crippen molar-refractivity contribution < 1.29 is 33.9 Å². The minimum Gasteiger partial charge on any atom is -0.394 e. The van der Waals surface area contributed by atoms with Gasteiger partial charge in [0, 0.05) is 49.4 Å². The molecule has 11 nitrogen and oxygen atoms in total. The lowest BCUT2D eigenvalue weighted by Gasteiger charge is -2.26. The molecule has 0 aliphatic carbocycles. The van der Waals surface area contributed by atoms with Gasteiger partial charge in [-0.15, -0.1) is 0 Å². The molecule has 1 aliphatic heterocycles. The average Bonchev–Trinajstić information content (AvgIpc) is 3.09. The molecule has 1 heterocycles. The summed E-state index contributed by atoms with van der Waals surface area (Å²) in [4.78, 5) is 72.9. The van der Waals surface area contributed by atoms with E-state index in [2.05, 4.69) is 10.6 Å². The van der Waals surface area contributed by atoms with Crippen LogP contribution in [0.2, 0.25) is 0 Å². The van der Waals surface area contributed by atoms with E-state index in [1.807, 2.05) is 0 Å². The second-order valence-electron chi connectivity index (χ2n) is 9.69. The summed E-state index contributed by atoms with van der Waals surface area (Å²) < 4.78 is 0. The number of unbranched alkanes of at least 4 members (excludes halogenated alkanes) is 2. The first-order chi connectivity index (χ1) is 16.4. The van der Waals surface area contributed by atoms with E-state index in [4.69, 9.17) is 5.73 Å². The monoisotopic (exact) mass is 494 g/mol. The third-order valence-corrected chi connectivity index (χ3v) is 5.68. The Morgan fingerprint density at radius 3 is 2.20 bits per heavy atom. The van der Waals surface area contributed by atoms with Crippen LogP contribution in [0.15, 0.2) is 12.2 Å². The Morgan fingerprint density at radius 2 is 1.66 bits per heavy atom. The van der Waals surface area contributed by atoms with Gasteiger partial charge >= 0.3 is 6.03 Å². The van der Waals surface area contributed by atoms with Crippen molar-refractivity contribution >= 4 is 35.3 Å². The zero-order valence-electron chi connectivity index (χ0n) is 20.8. The SMILES string of the molecule is CC(C)(C)C(=O)[C@H](CCCNC(N)=O)CC(=O)[C@H](CO)NC(=O)CCCCCN1C(=O)C=CC1=O. The van der Waals surface area contributed by atoms with Crippen molar-refractivity contribution in [2.45, 2.75) is 71.8 Å². The zero-order valence-corrected chi connectivity index (χ0v) is 20.8. The Labute approximate surface area is 205 Å². The van der Waals surface area contributed by atoms with Crippen LogP contribution < -0.4 is 16.4 Å². The van der Waals surface area contributed by atoms with Crippen molar-refractivity contribution in [2.75, 3.05) is 19.7 Å². The molecule has 1 aliphatic rings. The van der Waals surface area contributed by atoms with Crippen LogP contribution in [0, 0.1) is 11.3 Å². The summed E-state index contributed by atoms with van der Waals surface area (Å²) in [6, 6.07) is -1.79. The molecule has 2 atom stereocenters. The Bertz CT molecular complexity index is 814. The van der Waals surface area contributed by atoms with Crippen molar-refractivity contribution in [1.29, 1.82) is 0 Å². The minimum atomic E-state index is -1.12. The molecule has 0 aromatic carbocycles. The summed E-state index contributed by atoms with van der Waals surface area (Å²) in [6.07, 6.45) is 4.87. The van der Waals surface area contributed by atoms with Gasteiger partial charge in [0.05, 0.1) is 6.61 Å². The largest absolute Gasteiger partial charge is 0.394 e. The highest BCUT2D eigenvalue weighted by molar-refractivity contribution is 6.12. The Hall–Kier alpha value is -3.08. The standard InChI is InChI=1S/C24H38N4O7/c1-24(2,3)22(34)16(8-7-12-26-23(25)35)14-18(30)17(15-29)27-19(31)9-5-4-6-13-28-20(32)10-11-21(28)33/h10-11,16-17,29H,4-9,12-15H2,1-3H3,(H,27,31)(H3,25,26,35)/t16-,17+/m1/s1. The second kappa shape index (κ2) is 14.3. The number of carbonyl (C=O) groups excluding carboxylic acids is 6. The van der Waals surface area contributed by atoms with E-state index in [0.29, 0.717) is 32.1 Å². The number of amides is 5. The highest BCUT2D eigenvalue weighted by atomic mass is 16.3. The van der Waals surface area contributed by atoms with Crippen LogP contribution in [0.1, 0.15) is 65.7 Å². The maximum atomic E-state index is 12.8. The molecule has 1 rings (SSSR count). The molecule has 196 valence electrons. The number of nitrogens with two attached hydrogens (primary N) is 1. The van der Waals surface area contributed by atoms with Crippen LogP contribution in [0.25, 0.3) is 0 Å². The molecule has 0 spiro atoms. The number of urea groups is 1. The number of primary amides is 1. The smallest absolute Gasteiger partial charge is 0.312 e. The molecule has 0 saturated carbocycles. The number of hydrogen-bond acceptors (Lipinski definition) is 7. The van der Waals surface area contributed by atoms with Gasteiger partial charge in [0.25, 0.3) is 11.8 Å². The molecule has 0 bridgehead atoms. The lowest BCUT2D eigenvalue weighted by atomic mass is 9.78. The fraction of sp³-hybridized carbons (Fsp3) is 0.667. The molecule has 0 fully saturated rings. The van der Waals surface area contributed by atoms with E-state index in [1.54, 1.807) is 20.8 Å². The number of nitrogens with zero attached hydrogens (tertiary/aromatic N) is 1. The third-order valence-electron chi connectivity index (χ3n) is 5.68. The predicted molar refractivity (Wildman–Crippen MR) is 128 cm³/mol. The van der Waals surface area contributed by atoms with E-state index in [9.17, 15) is 33.9 Å². The molecule has 0 unspecified atom stereocenters. The van der Waals surface area contributed by atoms with Gasteiger partial charge in [-0.25, -0.2) is 4.79 Å². The third kappa shape index (κ3) is 10.8. The van der Waals surface area contributed by atoms with Crippen LogP contribution in [-0.4, -0.2) is 71.1 Å². The van der Waals surface area contributed by atoms with Crippen LogP contribution in [0.4, 0.5) is 4.79 Å². The summed E-state index contributed by atoms with van der Waals surface area (Å²) in [7, 11) is 0. The van der Waals surface area contributed by atoms with Gasteiger partial charge in [-0.2, -0.15) is 0 Å². The lowest BCUT2D eigenvalue weighted by molar-refractivity contribution is -0.137. The molecule has 0 aromatic rings. The summed E-state index contributed by atoms with van der Waals surface area (Å²) in [5.41, 5.74) is 4.36. The van der Waals surface area contributed by atoms with E-state index in [1.165, 1.54) is 12.2 Å². The van der Waals surface area contributed by atoms with E-state index in [-0.39, 0.29) is 43.5 Å². The first-order valence-corrected chi connectivity index (χ1v) is 11.9. The molecule has 11 heteroatoms. The van der Waals surface area contributed by atoms with E-state index >= 15 is 0 Å². The van der Waals surface area contributed by atoms with Crippen molar-refractivity contribution in [3.05, 3.63) is 12.2 Å². The number of nitrogens with one attached hydrogen (secondary N) is 2. The van der Waals surface area contributed by atoms with Crippen LogP contribution in [0.5, 0.6) is 0 Å². The quantitative estimate of drug-likeness (QED) is 0.179. The highest BCUT2D eigenvalue weighted by Gasteiger charge is 2.33. The van der Waals surface area contributed by atoms with Gasteiger partial charge in [-0.1, -0.05) is 27.2 Å². The number of aliphatic hydroxyl groups is 1. The average molecular weight is 495 g/mol. The molecule has 5 amide bonds. The second-order valence-corrected chi connectivity index (χ2v) is 9.69. The maximum absolute atomic E-state index is 12.8. The van der Waals surface area contributed by atoms with Crippen LogP contribution >= 0.6 is 0 Å². The van der Waals surface area contributed by atoms with Crippen LogP contribution in [0.3, 0.4) is 0 Å². The number of hydrogen-bond donors (Lipinski definition) is 4. The number of carbonyl (C=O) groups is 6. The minimum absolute atomic E-state index is 0.113. The first kappa shape index (κ1) is 30.0. The van der Waals surface area contributed by atoms with Crippen LogP contribution in [-0.2, 0) is 24.0 Å². The number of ketones is 2. The Kier molecular flexibility index (Phi) is 12.3. The lowest BCUT2D eigenvalue weighted by Crippen LogP contribution is -2.45. The summed E-state index contributed by atoms with van der Waals surface area (Å²) in [5, 5.41) is 14.6. The molecule has 0 saturated heterocycles. The maximum Gasteiger partial charge on any atom is 0.312 e. The fourth-order valence-electron chi connectivity index (χ4n) is 3.76. The van der Waals surface area contributed by atoms with Gasteiger partial charge in [-0.3, -0.25) is 28.9 Å². The summed E-state index contributed by atoms with van der Waals surface area (Å²) >= 11 is 0. The Morgan fingerprint density at radius 1 is 1.03 bits per heavy atom. The number of aliphatic hydroxyl groups excluding tert-OH is 1. The topological polar surface area (TPSA) is 176 Å². The van der Waals surface area contributed by atoms with E-state index < -0.39 is 41.7 Å². The van der Waals surface area contributed by atoms with E-state index in [0.717, 1.165) is 4.90 Å². The van der Waals surface area contributed by atoms with Crippen molar-refractivity contribution in [3.63, 3.8) is 0 Å². The molecule has 0 radical (unpaired) electrons. The van der Waals surface area contributed by atoms with Crippen molar-refractivity contribution in [3.8, 4) is 0 Å². The Balaban J connectivity index is 2.51.